The third kappa shape index (κ3) is 5.94. The van der Waals surface area contributed by atoms with E-state index in [1.54, 1.807) is 42.2 Å². The number of aromatic nitrogens is 2. The number of benzene rings is 2. The minimum atomic E-state index is -0.471. The third-order valence-corrected chi connectivity index (χ3v) is 6.11. The molecule has 3 aromatic rings. The van der Waals surface area contributed by atoms with Crippen LogP contribution in [0.25, 0.3) is 11.3 Å². The van der Waals surface area contributed by atoms with E-state index in [2.05, 4.69) is 22.4 Å². The molecule has 9 heteroatoms. The Morgan fingerprint density at radius 3 is 2.68 bits per heavy atom. The maximum Gasteiger partial charge on any atom is 0.255 e. The molecule has 0 atom stereocenters. The Kier molecular flexibility index (Phi) is 7.82. The molecule has 4 rings (SSSR count). The van der Waals surface area contributed by atoms with Crippen molar-refractivity contribution in [2.24, 2.45) is 7.05 Å². The molecule has 0 aliphatic carbocycles. The van der Waals surface area contributed by atoms with Crippen molar-refractivity contribution in [1.29, 1.82) is 0 Å². The van der Waals surface area contributed by atoms with Crippen molar-refractivity contribution in [2.45, 2.75) is 18.9 Å². The lowest BCUT2D eigenvalue weighted by molar-refractivity contribution is -0.000189. The fourth-order valence-electron chi connectivity index (χ4n) is 3.98. The van der Waals surface area contributed by atoms with E-state index < -0.39 is 11.7 Å². The summed E-state index contributed by atoms with van der Waals surface area (Å²) in [5, 5.41) is 7.48. The van der Waals surface area contributed by atoms with Gasteiger partial charge in [-0.3, -0.25) is 9.48 Å². The van der Waals surface area contributed by atoms with E-state index in [0.717, 1.165) is 25.9 Å². The van der Waals surface area contributed by atoms with Crippen LogP contribution >= 0.6 is 11.6 Å². The molecule has 1 aliphatic heterocycles. The highest BCUT2D eigenvalue weighted by molar-refractivity contribution is 6.33. The van der Waals surface area contributed by atoms with Crippen LogP contribution in [0.2, 0.25) is 5.02 Å². The second-order valence-electron chi connectivity index (χ2n) is 8.36. The average molecular weight is 487 g/mol. The molecule has 0 radical (unpaired) electrons. The van der Waals surface area contributed by atoms with Crippen molar-refractivity contribution in [3.63, 3.8) is 0 Å². The van der Waals surface area contributed by atoms with Crippen LogP contribution in [0.1, 0.15) is 23.2 Å². The molecule has 0 unspecified atom stereocenters. The van der Waals surface area contributed by atoms with Crippen molar-refractivity contribution < 1.29 is 18.7 Å². The van der Waals surface area contributed by atoms with Crippen molar-refractivity contribution in [3.05, 3.63) is 65.1 Å². The first-order chi connectivity index (χ1) is 16.4. The molecule has 180 valence electrons. The highest BCUT2D eigenvalue weighted by Crippen LogP contribution is 2.36. The fourth-order valence-corrected chi connectivity index (χ4v) is 4.25. The van der Waals surface area contributed by atoms with Crippen LogP contribution in [-0.2, 0) is 11.8 Å². The Bertz CT molecular complexity index is 1130. The molecule has 34 heavy (non-hydrogen) atoms. The number of rotatable bonds is 8. The number of hydrogen-bond acceptors (Lipinski definition) is 5. The molecule has 0 spiro atoms. The molecule has 1 fully saturated rings. The first kappa shape index (κ1) is 24.2. The summed E-state index contributed by atoms with van der Waals surface area (Å²) in [6, 6.07) is 10.8. The Morgan fingerprint density at radius 2 is 1.97 bits per heavy atom. The van der Waals surface area contributed by atoms with Crippen LogP contribution < -0.4 is 10.1 Å². The average Bonchev–Trinajstić information content (AvgIpc) is 3.16. The molecule has 2 aromatic carbocycles. The zero-order chi connectivity index (χ0) is 24.1. The van der Waals surface area contributed by atoms with Gasteiger partial charge in [-0.15, -0.1) is 0 Å². The monoisotopic (exact) mass is 486 g/mol. The normalized spacial score (nSPS) is 14.8. The predicted molar refractivity (Wildman–Crippen MR) is 130 cm³/mol. The van der Waals surface area contributed by atoms with Crippen LogP contribution in [0, 0.1) is 5.82 Å². The minimum Gasteiger partial charge on any atom is -0.490 e. The molecule has 1 saturated heterocycles. The van der Waals surface area contributed by atoms with Crippen LogP contribution in [0.5, 0.6) is 5.75 Å². The summed E-state index contributed by atoms with van der Waals surface area (Å²) in [6.45, 7) is 2.93. The first-order valence-electron chi connectivity index (χ1n) is 11.2. The van der Waals surface area contributed by atoms with E-state index in [9.17, 15) is 9.18 Å². The molecule has 1 aliphatic rings. The van der Waals surface area contributed by atoms with Crippen molar-refractivity contribution in [2.75, 3.05) is 38.7 Å². The summed E-state index contributed by atoms with van der Waals surface area (Å²) < 4.78 is 27.2. The number of nitrogens with zero attached hydrogens (tertiary/aromatic N) is 3. The second kappa shape index (κ2) is 11.0. The Morgan fingerprint density at radius 1 is 1.18 bits per heavy atom. The number of carbonyl (C=O) groups is 1. The molecule has 2 heterocycles. The first-order valence-corrected chi connectivity index (χ1v) is 11.6. The second-order valence-corrected chi connectivity index (χ2v) is 8.77. The summed E-state index contributed by atoms with van der Waals surface area (Å²) in [5.41, 5.74) is 2.10. The van der Waals surface area contributed by atoms with Gasteiger partial charge in [0.05, 0.1) is 29.6 Å². The topological polar surface area (TPSA) is 68.6 Å². The van der Waals surface area contributed by atoms with E-state index in [-0.39, 0.29) is 11.7 Å². The van der Waals surface area contributed by atoms with Gasteiger partial charge in [0, 0.05) is 37.0 Å². The standard InChI is InChI=1S/C25H28ClFN4O3/c1-30-10-8-20(9-11-30)33-12-13-34-23-7-6-19(15-21(23)24-22(26)16-28-31(24)2)29-25(32)17-4-3-5-18(27)14-17/h3-7,14-16,20H,8-13H2,1-2H3,(H,29,32). The molecule has 0 saturated carbocycles. The molecule has 7 nitrogen and oxygen atoms in total. The van der Waals surface area contributed by atoms with Crippen molar-refractivity contribution >= 4 is 23.2 Å². The summed E-state index contributed by atoms with van der Waals surface area (Å²) in [6.07, 6.45) is 3.85. The lowest BCUT2D eigenvalue weighted by atomic mass is 10.1. The molecular weight excluding hydrogens is 459 g/mol. The number of likely N-dealkylation sites (tertiary alicyclic amines) is 1. The Labute approximate surface area is 203 Å². The summed E-state index contributed by atoms with van der Waals surface area (Å²) >= 11 is 6.40. The van der Waals surface area contributed by atoms with Crippen molar-refractivity contribution in [3.8, 4) is 17.0 Å². The molecule has 1 N–H and O–H groups in total. The van der Waals surface area contributed by atoms with E-state index in [0.29, 0.717) is 40.9 Å². The maximum absolute atomic E-state index is 13.5. The number of carbonyl (C=O) groups excluding carboxylic acids is 1. The van der Waals surface area contributed by atoms with Gasteiger partial charge in [0.1, 0.15) is 18.2 Å². The van der Waals surface area contributed by atoms with Gasteiger partial charge >= 0.3 is 0 Å². The maximum atomic E-state index is 13.5. The van der Waals surface area contributed by atoms with Crippen LogP contribution in [0.4, 0.5) is 10.1 Å². The van der Waals surface area contributed by atoms with Gasteiger partial charge < -0.3 is 19.7 Å². The Hall–Kier alpha value is -2.94. The summed E-state index contributed by atoms with van der Waals surface area (Å²) in [7, 11) is 3.90. The molecule has 1 amide bonds. The van der Waals surface area contributed by atoms with E-state index in [1.165, 1.54) is 18.2 Å². The van der Waals surface area contributed by atoms with Crippen LogP contribution in [-0.4, -0.2) is 60.0 Å². The quantitative estimate of drug-likeness (QED) is 0.470. The smallest absolute Gasteiger partial charge is 0.255 e. The largest absolute Gasteiger partial charge is 0.490 e. The number of amides is 1. The van der Waals surface area contributed by atoms with Crippen molar-refractivity contribution in [1.82, 2.24) is 14.7 Å². The summed E-state index contributed by atoms with van der Waals surface area (Å²) in [4.78, 5) is 14.9. The third-order valence-electron chi connectivity index (χ3n) is 5.83. The number of hydrogen-bond donors (Lipinski definition) is 1. The lowest BCUT2D eigenvalue weighted by Crippen LogP contribution is -2.34. The van der Waals surface area contributed by atoms with Gasteiger partial charge in [0.2, 0.25) is 0 Å². The minimum absolute atomic E-state index is 0.228. The van der Waals surface area contributed by atoms with Gasteiger partial charge in [-0.1, -0.05) is 17.7 Å². The molecular formula is C25H28ClFN4O3. The molecule has 0 bridgehead atoms. The number of aryl methyl sites for hydroxylation is 1. The number of piperidine rings is 1. The number of ether oxygens (including phenoxy) is 2. The van der Waals surface area contributed by atoms with Gasteiger partial charge in [-0.05, 0) is 56.3 Å². The zero-order valence-electron chi connectivity index (χ0n) is 19.3. The lowest BCUT2D eigenvalue weighted by Gasteiger charge is -2.28. The van der Waals surface area contributed by atoms with Gasteiger partial charge in [0.15, 0.2) is 0 Å². The zero-order valence-corrected chi connectivity index (χ0v) is 20.0. The van der Waals surface area contributed by atoms with Crippen LogP contribution in [0.15, 0.2) is 48.7 Å². The number of anilines is 1. The van der Waals surface area contributed by atoms with E-state index in [1.807, 2.05) is 0 Å². The van der Waals surface area contributed by atoms with Crippen LogP contribution in [0.3, 0.4) is 0 Å². The Balaban J connectivity index is 1.48. The van der Waals surface area contributed by atoms with Gasteiger partial charge in [-0.25, -0.2) is 4.39 Å². The predicted octanol–water partition coefficient (Wildman–Crippen LogP) is 4.62. The molecule has 1 aromatic heterocycles. The number of halogens is 2. The highest BCUT2D eigenvalue weighted by Gasteiger charge is 2.19. The fraction of sp³-hybridized carbons (Fsp3) is 0.360. The van der Waals surface area contributed by atoms with Gasteiger partial charge in [0.25, 0.3) is 5.91 Å². The highest BCUT2D eigenvalue weighted by atomic mass is 35.5. The van der Waals surface area contributed by atoms with E-state index in [4.69, 9.17) is 21.1 Å². The SMILES string of the molecule is CN1CCC(OCCOc2ccc(NC(=O)c3cccc(F)c3)cc2-c2c(Cl)cnn2C)CC1. The number of nitrogens with one attached hydrogen (secondary N) is 1. The van der Waals surface area contributed by atoms with E-state index >= 15 is 0 Å². The summed E-state index contributed by atoms with van der Waals surface area (Å²) in [5.74, 6) is -0.288. The van der Waals surface area contributed by atoms with Gasteiger partial charge in [-0.2, -0.15) is 5.10 Å².